The van der Waals surface area contributed by atoms with E-state index in [4.69, 9.17) is 9.47 Å². The van der Waals surface area contributed by atoms with Gasteiger partial charge in [0.1, 0.15) is 22.2 Å². The van der Waals surface area contributed by atoms with Gasteiger partial charge in [-0.25, -0.2) is 23.4 Å². The summed E-state index contributed by atoms with van der Waals surface area (Å²) in [5.41, 5.74) is -0.930. The van der Waals surface area contributed by atoms with E-state index in [0.717, 1.165) is 33.0 Å². The summed E-state index contributed by atoms with van der Waals surface area (Å²) in [4.78, 5) is 42.5. The highest BCUT2D eigenvalue weighted by Crippen LogP contribution is 2.34. The molecule has 0 amide bonds. The first-order chi connectivity index (χ1) is 16.7. The van der Waals surface area contributed by atoms with E-state index in [1.54, 1.807) is 12.1 Å². The second-order valence-corrected chi connectivity index (χ2v) is 8.41. The summed E-state index contributed by atoms with van der Waals surface area (Å²) in [5.74, 6) is -3.81. The van der Waals surface area contributed by atoms with Crippen molar-refractivity contribution < 1.29 is 28.2 Å². The second-order valence-electron chi connectivity index (χ2n) is 7.36. The third-order valence-corrected chi connectivity index (χ3v) is 6.13. The van der Waals surface area contributed by atoms with E-state index < -0.39 is 41.1 Å². The van der Waals surface area contributed by atoms with Crippen molar-refractivity contribution in [3.8, 4) is 11.6 Å². The molecule has 1 aliphatic rings. The summed E-state index contributed by atoms with van der Waals surface area (Å²) in [6.07, 6.45) is 2.82. The van der Waals surface area contributed by atoms with Crippen LogP contribution in [0.3, 0.4) is 0 Å². The van der Waals surface area contributed by atoms with E-state index in [1.165, 1.54) is 26.6 Å². The Balaban J connectivity index is 1.58. The van der Waals surface area contributed by atoms with Crippen molar-refractivity contribution in [3.63, 3.8) is 0 Å². The number of thioether (sulfide) groups is 1. The number of hydrogen-bond donors (Lipinski definition) is 2. The molecular weight excluding hydrogens is 486 g/mol. The molecule has 1 aromatic carbocycles. The number of rotatable bonds is 6. The third-order valence-electron chi connectivity index (χ3n) is 5.06. The molecule has 13 heteroatoms. The summed E-state index contributed by atoms with van der Waals surface area (Å²) >= 11 is 0.797. The molecule has 35 heavy (non-hydrogen) atoms. The molecular formula is C22H18F2N4O6S. The van der Waals surface area contributed by atoms with Crippen LogP contribution in [0.4, 0.5) is 14.6 Å². The van der Waals surface area contributed by atoms with Crippen LogP contribution in [-0.4, -0.2) is 32.3 Å². The van der Waals surface area contributed by atoms with Crippen molar-refractivity contribution in [1.82, 2.24) is 14.1 Å². The maximum atomic E-state index is 13.7. The first kappa shape index (κ1) is 24.0. The number of hydrogen-bond acceptors (Lipinski definition) is 9. The van der Waals surface area contributed by atoms with E-state index in [0.29, 0.717) is 11.4 Å². The van der Waals surface area contributed by atoms with Crippen molar-refractivity contribution in [2.24, 2.45) is 7.05 Å². The Morgan fingerprint density at radius 2 is 1.91 bits per heavy atom. The number of anilines is 1. The zero-order valence-electron chi connectivity index (χ0n) is 18.4. The van der Waals surface area contributed by atoms with E-state index in [1.807, 2.05) is 0 Å². The predicted molar refractivity (Wildman–Crippen MR) is 121 cm³/mol. The zero-order valence-corrected chi connectivity index (χ0v) is 19.2. The minimum absolute atomic E-state index is 0.0202. The molecule has 3 aromatic rings. The number of aromatic hydroxyl groups is 1. The largest absolute Gasteiger partial charge is 0.503 e. The van der Waals surface area contributed by atoms with Crippen molar-refractivity contribution in [1.29, 1.82) is 0 Å². The third kappa shape index (κ3) is 4.75. The fraction of sp³-hybridized carbons (Fsp3) is 0.182. The van der Waals surface area contributed by atoms with E-state index in [2.05, 4.69) is 10.3 Å². The number of halogens is 2. The minimum Gasteiger partial charge on any atom is -0.503 e. The molecule has 2 aromatic heterocycles. The van der Waals surface area contributed by atoms with Crippen LogP contribution in [0.25, 0.3) is 0 Å². The maximum absolute atomic E-state index is 13.7. The topological polar surface area (TPSA) is 125 Å². The Hall–Kier alpha value is -4.13. The van der Waals surface area contributed by atoms with Gasteiger partial charge in [-0.15, -0.1) is 0 Å². The maximum Gasteiger partial charge on any atom is 0.346 e. The Bertz CT molecular complexity index is 1460. The fourth-order valence-electron chi connectivity index (χ4n) is 3.27. The average Bonchev–Trinajstić information content (AvgIpc) is 2.86. The first-order valence-electron chi connectivity index (χ1n) is 10.0. The number of nitrogens with one attached hydrogen (secondary N) is 1. The number of fused-ring (bicyclic) bond motifs is 1. The number of ether oxygens (including phenoxy) is 2. The van der Waals surface area contributed by atoms with Gasteiger partial charge in [0.05, 0.1) is 13.7 Å². The first-order valence-corrected chi connectivity index (χ1v) is 10.8. The van der Waals surface area contributed by atoms with Gasteiger partial charge in [-0.2, -0.15) is 0 Å². The monoisotopic (exact) mass is 504 g/mol. The molecule has 0 saturated carbocycles. The molecule has 0 unspecified atom stereocenters. The normalized spacial score (nSPS) is 12.4. The fourth-order valence-corrected chi connectivity index (χ4v) is 4.24. The molecule has 1 aliphatic heterocycles. The van der Waals surface area contributed by atoms with Gasteiger partial charge in [0.25, 0.3) is 5.56 Å². The highest BCUT2D eigenvalue weighted by Gasteiger charge is 2.26. The summed E-state index contributed by atoms with van der Waals surface area (Å²) in [5, 5.41) is 12.0. The summed E-state index contributed by atoms with van der Waals surface area (Å²) in [6.45, 7) is -0.529. The molecule has 0 spiro atoms. The number of phenols is 1. The van der Waals surface area contributed by atoms with E-state index in [-0.39, 0.29) is 27.8 Å². The van der Waals surface area contributed by atoms with Gasteiger partial charge in [0.15, 0.2) is 17.4 Å². The number of benzene rings is 1. The Morgan fingerprint density at radius 3 is 2.60 bits per heavy atom. The summed E-state index contributed by atoms with van der Waals surface area (Å²) in [7, 11) is 2.86. The van der Waals surface area contributed by atoms with Gasteiger partial charge in [-0.05, 0) is 29.3 Å². The highest BCUT2D eigenvalue weighted by atomic mass is 32.2. The Kier molecular flexibility index (Phi) is 6.60. The lowest BCUT2D eigenvalue weighted by atomic mass is 10.2. The van der Waals surface area contributed by atoms with Gasteiger partial charge < -0.3 is 19.9 Å². The molecule has 0 aliphatic carbocycles. The van der Waals surface area contributed by atoms with Crippen molar-refractivity contribution in [3.05, 3.63) is 85.2 Å². The average molecular weight is 504 g/mol. The smallest absolute Gasteiger partial charge is 0.346 e. The summed E-state index contributed by atoms with van der Waals surface area (Å²) in [6, 6.07) is 4.90. The number of aromatic nitrogens is 3. The minimum atomic E-state index is -1.22. The summed E-state index contributed by atoms with van der Waals surface area (Å²) < 4.78 is 39.7. The molecule has 182 valence electrons. The van der Waals surface area contributed by atoms with Gasteiger partial charge in [0.2, 0.25) is 5.88 Å². The number of nitrogens with zero attached hydrogens (tertiary/aromatic N) is 3. The number of carbonyl (C=O) groups is 1. The molecule has 0 radical (unpaired) electrons. The molecule has 4 rings (SSSR count). The van der Waals surface area contributed by atoms with Crippen LogP contribution in [0.1, 0.15) is 11.1 Å². The quantitative estimate of drug-likeness (QED) is 0.486. The van der Waals surface area contributed by atoms with Gasteiger partial charge in [-0.3, -0.25) is 13.9 Å². The molecule has 0 fully saturated rings. The number of esters is 1. The number of phenolic OH excluding ortho intramolecular Hbond substituents is 1. The van der Waals surface area contributed by atoms with E-state index >= 15 is 0 Å². The van der Waals surface area contributed by atoms with Crippen molar-refractivity contribution in [2.75, 3.05) is 12.4 Å². The molecule has 0 saturated heterocycles. The predicted octanol–water partition coefficient (Wildman–Crippen LogP) is 2.09. The van der Waals surface area contributed by atoms with Crippen LogP contribution in [0.15, 0.2) is 56.1 Å². The Morgan fingerprint density at radius 1 is 1.20 bits per heavy atom. The highest BCUT2D eigenvalue weighted by molar-refractivity contribution is 8.04. The lowest BCUT2D eigenvalue weighted by molar-refractivity contribution is -0.139. The molecule has 2 N–H and O–H groups in total. The van der Waals surface area contributed by atoms with E-state index in [9.17, 15) is 28.3 Å². The molecule has 0 atom stereocenters. The molecule has 10 nitrogen and oxygen atoms in total. The van der Waals surface area contributed by atoms with Crippen LogP contribution in [0.2, 0.25) is 0 Å². The lowest BCUT2D eigenvalue weighted by Crippen LogP contribution is -2.41. The van der Waals surface area contributed by atoms with Gasteiger partial charge in [-0.1, -0.05) is 11.8 Å². The van der Waals surface area contributed by atoms with Crippen LogP contribution in [0.5, 0.6) is 11.6 Å². The van der Waals surface area contributed by atoms with Crippen molar-refractivity contribution in [2.45, 2.75) is 18.0 Å². The van der Waals surface area contributed by atoms with Crippen LogP contribution < -0.4 is 21.3 Å². The standard InChI is InChI=1S/C22H18F2N4O6S/c1-27-19-18(20(30)28(22(27)32)9-12-5-13(23)17(29)14(24)6-12)35-15(8-26-19)21(31)34-10-11-3-4-25-16(7-11)33-2/h3-8,26,29H,9-10H2,1-2H3. The van der Waals surface area contributed by atoms with Crippen molar-refractivity contribution >= 4 is 23.5 Å². The SMILES string of the molecule is COc1cc(COC(=O)C2=CNc3c(c(=O)n(Cc4cc(F)c(O)c(F)c4)c(=O)n3C)S2)ccn1. The molecule has 3 heterocycles. The van der Waals surface area contributed by atoms with Crippen LogP contribution in [-0.2, 0) is 29.7 Å². The van der Waals surface area contributed by atoms with Gasteiger partial charge >= 0.3 is 11.7 Å². The van der Waals surface area contributed by atoms with Crippen LogP contribution >= 0.6 is 11.8 Å². The number of pyridine rings is 1. The van der Waals surface area contributed by atoms with Gasteiger partial charge in [0, 0.05) is 25.5 Å². The Labute approximate surface area is 200 Å². The van der Waals surface area contributed by atoms with Crippen LogP contribution in [0, 0.1) is 11.6 Å². The molecule has 0 bridgehead atoms. The lowest BCUT2D eigenvalue weighted by Gasteiger charge is -2.20. The second kappa shape index (κ2) is 9.62. The number of methoxy groups -OCH3 is 1. The zero-order chi connectivity index (χ0) is 25.3. The number of carbonyl (C=O) groups excluding carboxylic acids is 1.